The number of benzene rings is 1. The van der Waals surface area contributed by atoms with Crippen LogP contribution in [0.1, 0.15) is 46.8 Å². The van der Waals surface area contributed by atoms with Gasteiger partial charge in [-0.2, -0.15) is 0 Å². The van der Waals surface area contributed by atoms with Crippen molar-refractivity contribution in [1.29, 1.82) is 0 Å². The zero-order valence-electron chi connectivity index (χ0n) is 21.8. The molecule has 0 saturated heterocycles. The number of aryl methyl sites for hydroxylation is 1. The molecule has 38 heavy (non-hydrogen) atoms. The number of ether oxygens (including phenoxy) is 1. The lowest BCUT2D eigenvalue weighted by atomic mass is 10.1. The number of pyridine rings is 2. The molecule has 10 heteroatoms. The quantitative estimate of drug-likeness (QED) is 0.137. The van der Waals surface area contributed by atoms with Crippen molar-refractivity contribution in [2.75, 3.05) is 26.0 Å². The summed E-state index contributed by atoms with van der Waals surface area (Å²) in [4.78, 5) is 29.4. The van der Waals surface area contributed by atoms with Crippen LogP contribution >= 0.6 is 34.7 Å². The van der Waals surface area contributed by atoms with Gasteiger partial charge >= 0.3 is 0 Å². The molecule has 0 saturated carbocycles. The van der Waals surface area contributed by atoms with Crippen LogP contribution in [-0.4, -0.2) is 46.3 Å². The van der Waals surface area contributed by atoms with Crippen molar-refractivity contribution in [3.8, 4) is 11.5 Å². The van der Waals surface area contributed by atoms with E-state index in [1.165, 1.54) is 11.3 Å². The Hall–Kier alpha value is -2.98. The minimum absolute atomic E-state index is 0.0524. The summed E-state index contributed by atoms with van der Waals surface area (Å²) in [5.41, 5.74) is 2.46. The number of carbonyl (C=O) groups is 1. The molecule has 3 heterocycles. The van der Waals surface area contributed by atoms with E-state index in [0.29, 0.717) is 39.5 Å². The molecule has 7 nitrogen and oxygen atoms in total. The number of rotatable bonds is 12. The van der Waals surface area contributed by atoms with Crippen molar-refractivity contribution in [3.63, 3.8) is 0 Å². The highest BCUT2D eigenvalue weighted by Crippen LogP contribution is 2.40. The van der Waals surface area contributed by atoms with Crippen LogP contribution in [0.15, 0.2) is 65.1 Å². The normalized spacial score (nSPS) is 11.9. The van der Waals surface area contributed by atoms with Gasteiger partial charge in [-0.1, -0.05) is 17.7 Å². The van der Waals surface area contributed by atoms with Crippen molar-refractivity contribution in [2.45, 2.75) is 36.8 Å². The van der Waals surface area contributed by atoms with E-state index < -0.39 is 0 Å². The summed E-state index contributed by atoms with van der Waals surface area (Å²) in [6.45, 7) is 4.88. The first-order valence-electron chi connectivity index (χ1n) is 12.2. The van der Waals surface area contributed by atoms with Crippen molar-refractivity contribution in [2.24, 2.45) is 0 Å². The Labute approximate surface area is 236 Å². The van der Waals surface area contributed by atoms with Gasteiger partial charge in [0.15, 0.2) is 22.5 Å². The molecule has 0 spiro atoms. The van der Waals surface area contributed by atoms with Gasteiger partial charge in [0.2, 0.25) is 0 Å². The van der Waals surface area contributed by atoms with Gasteiger partial charge in [0, 0.05) is 39.9 Å². The third-order valence-corrected chi connectivity index (χ3v) is 7.85. The molecule has 0 bridgehead atoms. The number of aromatic nitrogens is 3. The Morgan fingerprint density at radius 2 is 2.03 bits per heavy atom. The second kappa shape index (κ2) is 13.2. The highest BCUT2D eigenvalue weighted by Gasteiger charge is 2.17. The number of ketones is 1. The largest absolute Gasteiger partial charge is 0.452 e. The zero-order chi connectivity index (χ0) is 27.1. The zero-order valence-corrected chi connectivity index (χ0v) is 24.2. The minimum atomic E-state index is 0.0524. The molecule has 3 aromatic heterocycles. The second-order valence-electron chi connectivity index (χ2n) is 9.03. The Kier molecular flexibility index (Phi) is 9.74. The number of nitrogens with one attached hydrogen (secondary N) is 1. The van der Waals surface area contributed by atoms with Gasteiger partial charge in [-0.25, -0.2) is 9.97 Å². The van der Waals surface area contributed by atoms with Crippen molar-refractivity contribution in [3.05, 3.63) is 82.2 Å². The van der Waals surface area contributed by atoms with Crippen LogP contribution in [0.5, 0.6) is 11.5 Å². The minimum Gasteiger partial charge on any atom is -0.452 e. The van der Waals surface area contributed by atoms with Gasteiger partial charge in [-0.05, 0) is 77.3 Å². The van der Waals surface area contributed by atoms with E-state index in [0.717, 1.165) is 29.2 Å². The molecule has 0 aliphatic heterocycles. The van der Waals surface area contributed by atoms with Gasteiger partial charge in [0.05, 0.1) is 16.4 Å². The fourth-order valence-electron chi connectivity index (χ4n) is 3.63. The molecule has 4 rings (SSSR count). The van der Waals surface area contributed by atoms with Crippen LogP contribution in [-0.2, 0) is 0 Å². The highest BCUT2D eigenvalue weighted by atomic mass is 35.5. The van der Waals surface area contributed by atoms with Gasteiger partial charge < -0.3 is 15.0 Å². The van der Waals surface area contributed by atoms with Crippen LogP contribution in [0.2, 0.25) is 5.02 Å². The molecule has 0 radical (unpaired) electrons. The first kappa shape index (κ1) is 28.0. The number of hydrogen-bond acceptors (Lipinski definition) is 9. The molecule has 198 valence electrons. The molecular formula is C28H30ClN5O2S2. The lowest BCUT2D eigenvalue weighted by Gasteiger charge is -2.16. The molecule has 1 aromatic carbocycles. The van der Waals surface area contributed by atoms with E-state index in [2.05, 4.69) is 32.1 Å². The fourth-order valence-corrected chi connectivity index (χ4v) is 5.43. The Morgan fingerprint density at radius 1 is 1.18 bits per heavy atom. The monoisotopic (exact) mass is 567 g/mol. The van der Waals surface area contributed by atoms with Crippen LogP contribution < -0.4 is 10.1 Å². The molecule has 0 amide bonds. The molecule has 1 unspecified atom stereocenters. The van der Waals surface area contributed by atoms with Crippen LogP contribution in [0.4, 0.5) is 10.9 Å². The van der Waals surface area contributed by atoms with E-state index in [-0.39, 0.29) is 11.0 Å². The number of thiazole rings is 1. The van der Waals surface area contributed by atoms with E-state index in [9.17, 15) is 4.79 Å². The third kappa shape index (κ3) is 7.77. The summed E-state index contributed by atoms with van der Waals surface area (Å²) in [6.07, 6.45) is 4.82. The number of Topliss-reactive ketones (excluding diaryl/α,β-unsaturated/α-hetero) is 1. The van der Waals surface area contributed by atoms with E-state index >= 15 is 0 Å². The second-order valence-corrected chi connectivity index (χ2v) is 11.7. The number of thioether (sulfide) groups is 1. The maximum atomic E-state index is 12.8. The third-order valence-electron chi connectivity index (χ3n) is 5.57. The lowest BCUT2D eigenvalue weighted by molar-refractivity contribution is 0.0977. The SMILES string of the molecule is Cc1csc(Nc2ncc(SC(C)c3ccccn3)cc2Oc2cc(C(=O)CCCN(C)C)ccc2Cl)n1. The number of hydrogen-bond donors (Lipinski definition) is 1. The van der Waals surface area contributed by atoms with Gasteiger partial charge in [-0.3, -0.25) is 9.78 Å². The predicted octanol–water partition coefficient (Wildman–Crippen LogP) is 7.81. The number of halogens is 1. The standard InChI is InChI=1S/C28H30ClN5O2S2/c1-18-17-37-28(32-18)33-27-26(15-21(16-31-27)38-19(2)23-8-5-6-12-30-23)36-25-14-20(10-11-22(25)29)24(35)9-7-13-34(3)4/h5-6,8,10-12,14-17,19H,7,9,13H2,1-4H3,(H,31,32,33). The number of nitrogens with zero attached hydrogens (tertiary/aromatic N) is 4. The van der Waals surface area contributed by atoms with Crippen LogP contribution in [0, 0.1) is 6.92 Å². The van der Waals surface area contributed by atoms with Crippen molar-refractivity contribution in [1.82, 2.24) is 19.9 Å². The fraction of sp³-hybridized carbons (Fsp3) is 0.286. The number of anilines is 2. The number of carbonyl (C=O) groups excluding carboxylic acids is 1. The molecule has 4 aromatic rings. The average molecular weight is 568 g/mol. The highest BCUT2D eigenvalue weighted by molar-refractivity contribution is 7.99. The molecular weight excluding hydrogens is 538 g/mol. The summed E-state index contributed by atoms with van der Waals surface area (Å²) in [5.74, 6) is 1.44. The molecule has 0 aliphatic rings. The predicted molar refractivity (Wildman–Crippen MR) is 157 cm³/mol. The summed E-state index contributed by atoms with van der Waals surface area (Å²) in [6, 6.07) is 12.9. The molecule has 1 atom stereocenters. The van der Waals surface area contributed by atoms with E-state index in [1.54, 1.807) is 42.4 Å². The maximum Gasteiger partial charge on any atom is 0.188 e. The summed E-state index contributed by atoms with van der Waals surface area (Å²) in [5, 5.41) is 6.44. The van der Waals surface area contributed by atoms with E-state index in [1.807, 2.05) is 50.7 Å². The summed E-state index contributed by atoms with van der Waals surface area (Å²) < 4.78 is 6.31. The van der Waals surface area contributed by atoms with Crippen LogP contribution in [0.25, 0.3) is 0 Å². The van der Waals surface area contributed by atoms with Gasteiger partial charge in [-0.15, -0.1) is 23.1 Å². The Morgan fingerprint density at radius 3 is 2.74 bits per heavy atom. The molecule has 0 fully saturated rings. The average Bonchev–Trinajstić information content (AvgIpc) is 3.31. The van der Waals surface area contributed by atoms with Gasteiger partial charge in [0.1, 0.15) is 5.75 Å². The Balaban J connectivity index is 1.60. The summed E-state index contributed by atoms with van der Waals surface area (Å²) >= 11 is 9.62. The first-order valence-corrected chi connectivity index (χ1v) is 14.3. The van der Waals surface area contributed by atoms with Crippen LogP contribution in [0.3, 0.4) is 0 Å². The topological polar surface area (TPSA) is 80.2 Å². The maximum absolute atomic E-state index is 12.8. The Bertz CT molecular complexity index is 1380. The first-order chi connectivity index (χ1) is 18.3. The molecule has 0 aliphatic carbocycles. The van der Waals surface area contributed by atoms with Gasteiger partial charge in [0.25, 0.3) is 0 Å². The molecule has 1 N–H and O–H groups in total. The lowest BCUT2D eigenvalue weighted by Crippen LogP contribution is -2.14. The van der Waals surface area contributed by atoms with E-state index in [4.69, 9.17) is 16.3 Å². The summed E-state index contributed by atoms with van der Waals surface area (Å²) in [7, 11) is 3.99. The van der Waals surface area contributed by atoms with Crippen molar-refractivity contribution < 1.29 is 9.53 Å². The smallest absolute Gasteiger partial charge is 0.188 e. The van der Waals surface area contributed by atoms with Crippen molar-refractivity contribution >= 4 is 51.4 Å².